The molecule has 0 aliphatic rings. The summed E-state index contributed by atoms with van der Waals surface area (Å²) in [5.74, 6) is 0.797. The van der Waals surface area contributed by atoms with Gasteiger partial charge in [-0.1, -0.05) is 6.92 Å². The van der Waals surface area contributed by atoms with Crippen molar-refractivity contribution >= 4 is 22.4 Å². The van der Waals surface area contributed by atoms with Crippen LogP contribution in [-0.4, -0.2) is 18.0 Å². The van der Waals surface area contributed by atoms with Crippen LogP contribution < -0.4 is 10.1 Å². The number of aromatic nitrogens is 1. The van der Waals surface area contributed by atoms with Crippen LogP contribution in [0, 0.1) is 6.92 Å². The maximum absolute atomic E-state index is 11.4. The Morgan fingerprint density at radius 1 is 1.37 bits per heavy atom. The quantitative estimate of drug-likeness (QED) is 0.930. The van der Waals surface area contributed by atoms with E-state index in [0.717, 1.165) is 21.9 Å². The number of anilines is 1. The number of methoxy groups -OCH3 is 1. The fraction of sp³-hybridized carbons (Fsp3) is 0.286. The summed E-state index contributed by atoms with van der Waals surface area (Å²) in [4.78, 5) is 16.9. The molecule has 1 N–H and O–H groups in total. The van der Waals surface area contributed by atoms with Gasteiger partial charge in [0.1, 0.15) is 5.75 Å². The lowest BCUT2D eigenvalue weighted by atomic mass is 10.1. The number of ether oxygens (including phenoxy) is 1. The molecular weight excluding hydrogens is 260 g/mol. The van der Waals surface area contributed by atoms with Gasteiger partial charge < -0.3 is 10.1 Å². The third-order valence-electron chi connectivity index (χ3n) is 2.73. The van der Waals surface area contributed by atoms with E-state index < -0.39 is 0 Å². The monoisotopic (exact) mass is 276 g/mol. The molecule has 0 radical (unpaired) electrons. The number of thiazole rings is 1. The number of nitrogens with one attached hydrogen (secondary N) is 1. The molecule has 5 heteroatoms. The molecule has 0 spiro atoms. The van der Waals surface area contributed by atoms with E-state index in [0.29, 0.717) is 11.6 Å². The van der Waals surface area contributed by atoms with Gasteiger partial charge in [-0.05, 0) is 31.2 Å². The fourth-order valence-electron chi connectivity index (χ4n) is 1.67. The zero-order valence-electron chi connectivity index (χ0n) is 11.2. The van der Waals surface area contributed by atoms with Crippen molar-refractivity contribution in [2.45, 2.75) is 20.3 Å². The zero-order valence-corrected chi connectivity index (χ0v) is 12.0. The van der Waals surface area contributed by atoms with Crippen LogP contribution in [0.2, 0.25) is 0 Å². The average molecular weight is 276 g/mol. The van der Waals surface area contributed by atoms with E-state index in [1.54, 1.807) is 7.11 Å². The Balaban J connectivity index is 2.26. The number of hydrogen-bond acceptors (Lipinski definition) is 4. The molecule has 0 aliphatic heterocycles. The Kier molecular flexibility index (Phi) is 4.16. The first-order valence-corrected chi connectivity index (χ1v) is 6.87. The van der Waals surface area contributed by atoms with E-state index >= 15 is 0 Å². The molecule has 0 fully saturated rings. The van der Waals surface area contributed by atoms with Gasteiger partial charge in [0, 0.05) is 16.9 Å². The van der Waals surface area contributed by atoms with Gasteiger partial charge in [-0.3, -0.25) is 4.79 Å². The van der Waals surface area contributed by atoms with Crippen molar-refractivity contribution in [1.29, 1.82) is 0 Å². The number of nitrogens with zero attached hydrogens (tertiary/aromatic N) is 1. The largest absolute Gasteiger partial charge is 0.497 e. The zero-order chi connectivity index (χ0) is 13.8. The van der Waals surface area contributed by atoms with Crippen molar-refractivity contribution in [3.05, 3.63) is 29.1 Å². The van der Waals surface area contributed by atoms with Crippen LogP contribution in [0.5, 0.6) is 5.75 Å². The third kappa shape index (κ3) is 3.12. The molecule has 0 aliphatic carbocycles. The SMILES string of the molecule is CCC(=O)Nc1nc(-c2ccc(OC)cc2)c(C)s1. The van der Waals surface area contributed by atoms with Crippen molar-refractivity contribution in [2.75, 3.05) is 12.4 Å². The molecule has 1 heterocycles. The predicted molar refractivity (Wildman–Crippen MR) is 77.8 cm³/mol. The average Bonchev–Trinajstić information content (AvgIpc) is 2.79. The van der Waals surface area contributed by atoms with Gasteiger partial charge in [-0.2, -0.15) is 0 Å². The highest BCUT2D eigenvalue weighted by Crippen LogP contribution is 2.31. The second-order valence-corrected chi connectivity index (χ2v) is 5.26. The molecule has 0 bridgehead atoms. The van der Waals surface area contributed by atoms with E-state index in [1.807, 2.05) is 38.1 Å². The minimum absolute atomic E-state index is 0.0185. The van der Waals surface area contributed by atoms with Crippen LogP contribution in [-0.2, 0) is 4.79 Å². The highest BCUT2D eigenvalue weighted by molar-refractivity contribution is 7.16. The van der Waals surface area contributed by atoms with Gasteiger partial charge in [0.2, 0.25) is 5.91 Å². The van der Waals surface area contributed by atoms with Gasteiger partial charge >= 0.3 is 0 Å². The predicted octanol–water partition coefficient (Wildman–Crippen LogP) is 3.48. The summed E-state index contributed by atoms with van der Waals surface area (Å²) in [6, 6.07) is 7.73. The number of hydrogen-bond donors (Lipinski definition) is 1. The Bertz CT molecular complexity index is 576. The molecule has 1 amide bonds. The topological polar surface area (TPSA) is 51.2 Å². The molecule has 0 saturated carbocycles. The minimum Gasteiger partial charge on any atom is -0.497 e. The molecule has 2 aromatic rings. The summed E-state index contributed by atoms with van der Waals surface area (Å²) in [6.45, 7) is 3.82. The lowest BCUT2D eigenvalue weighted by Crippen LogP contribution is -2.08. The number of carbonyl (C=O) groups is 1. The number of amides is 1. The first-order valence-electron chi connectivity index (χ1n) is 6.05. The number of benzene rings is 1. The highest BCUT2D eigenvalue weighted by atomic mass is 32.1. The second kappa shape index (κ2) is 5.84. The number of rotatable bonds is 4. The summed E-state index contributed by atoms with van der Waals surface area (Å²) in [5.41, 5.74) is 1.92. The van der Waals surface area contributed by atoms with Crippen LogP contribution in [0.3, 0.4) is 0 Å². The molecule has 2 rings (SSSR count). The Labute approximate surface area is 116 Å². The third-order valence-corrected chi connectivity index (χ3v) is 3.61. The number of aryl methyl sites for hydroxylation is 1. The van der Waals surface area contributed by atoms with Gasteiger partial charge in [0.25, 0.3) is 0 Å². The van der Waals surface area contributed by atoms with E-state index in [9.17, 15) is 4.79 Å². The molecule has 1 aromatic carbocycles. The minimum atomic E-state index is -0.0185. The van der Waals surface area contributed by atoms with E-state index in [2.05, 4.69) is 10.3 Å². The summed E-state index contributed by atoms with van der Waals surface area (Å²) in [7, 11) is 1.64. The lowest BCUT2D eigenvalue weighted by Gasteiger charge is -2.01. The van der Waals surface area contributed by atoms with Crippen LogP contribution in [0.15, 0.2) is 24.3 Å². The van der Waals surface area contributed by atoms with Crippen LogP contribution in [0.4, 0.5) is 5.13 Å². The van der Waals surface area contributed by atoms with E-state index in [1.165, 1.54) is 11.3 Å². The molecule has 0 saturated heterocycles. The van der Waals surface area contributed by atoms with Gasteiger partial charge in [-0.25, -0.2) is 4.98 Å². The van der Waals surface area contributed by atoms with Crippen molar-refractivity contribution < 1.29 is 9.53 Å². The standard InChI is InChI=1S/C14H16N2O2S/c1-4-12(17)15-14-16-13(9(2)19-14)10-5-7-11(18-3)8-6-10/h5-8H,4H2,1-3H3,(H,15,16,17). The molecule has 100 valence electrons. The number of carbonyl (C=O) groups excluding carboxylic acids is 1. The molecular formula is C14H16N2O2S. The summed E-state index contributed by atoms with van der Waals surface area (Å²) in [6.07, 6.45) is 0.455. The Morgan fingerprint density at radius 2 is 2.05 bits per heavy atom. The normalized spacial score (nSPS) is 10.3. The van der Waals surface area contributed by atoms with Crippen molar-refractivity contribution in [2.24, 2.45) is 0 Å². The van der Waals surface area contributed by atoms with E-state index in [-0.39, 0.29) is 5.91 Å². The van der Waals surface area contributed by atoms with Gasteiger partial charge in [0.05, 0.1) is 12.8 Å². The van der Waals surface area contributed by atoms with Crippen LogP contribution >= 0.6 is 11.3 Å². The van der Waals surface area contributed by atoms with Crippen molar-refractivity contribution in [3.8, 4) is 17.0 Å². The van der Waals surface area contributed by atoms with Gasteiger partial charge in [-0.15, -0.1) is 11.3 Å². The summed E-state index contributed by atoms with van der Waals surface area (Å²) < 4.78 is 5.13. The summed E-state index contributed by atoms with van der Waals surface area (Å²) in [5, 5.41) is 3.44. The molecule has 19 heavy (non-hydrogen) atoms. The first-order chi connectivity index (χ1) is 9.13. The van der Waals surface area contributed by atoms with Crippen LogP contribution in [0.25, 0.3) is 11.3 Å². The first kappa shape index (κ1) is 13.5. The second-order valence-electron chi connectivity index (χ2n) is 4.05. The lowest BCUT2D eigenvalue weighted by molar-refractivity contribution is -0.115. The van der Waals surface area contributed by atoms with Crippen LogP contribution in [0.1, 0.15) is 18.2 Å². The van der Waals surface area contributed by atoms with E-state index in [4.69, 9.17) is 4.74 Å². The molecule has 0 atom stereocenters. The van der Waals surface area contributed by atoms with Crippen molar-refractivity contribution in [3.63, 3.8) is 0 Å². The Morgan fingerprint density at radius 3 is 2.63 bits per heavy atom. The maximum atomic E-state index is 11.4. The Hall–Kier alpha value is -1.88. The maximum Gasteiger partial charge on any atom is 0.225 e. The molecule has 4 nitrogen and oxygen atoms in total. The van der Waals surface area contributed by atoms with Gasteiger partial charge in [0.15, 0.2) is 5.13 Å². The summed E-state index contributed by atoms with van der Waals surface area (Å²) >= 11 is 1.49. The van der Waals surface area contributed by atoms with Crippen molar-refractivity contribution in [1.82, 2.24) is 4.98 Å². The molecule has 0 unspecified atom stereocenters. The highest BCUT2D eigenvalue weighted by Gasteiger charge is 2.11. The fourth-order valence-corrected chi connectivity index (χ4v) is 2.53. The molecule has 1 aromatic heterocycles. The smallest absolute Gasteiger partial charge is 0.225 e.